The van der Waals surface area contributed by atoms with Crippen molar-refractivity contribution in [1.82, 2.24) is 9.88 Å². The lowest BCUT2D eigenvalue weighted by atomic mass is 10.1. The van der Waals surface area contributed by atoms with Crippen molar-refractivity contribution >= 4 is 5.91 Å². The van der Waals surface area contributed by atoms with Gasteiger partial charge < -0.3 is 18.8 Å². The van der Waals surface area contributed by atoms with Gasteiger partial charge in [-0.25, -0.2) is 0 Å². The molecule has 4 rings (SSSR count). The average molecular weight is 328 g/mol. The van der Waals surface area contributed by atoms with Gasteiger partial charge in [0.1, 0.15) is 12.4 Å². The molecular formula is C18H20N2O4. The van der Waals surface area contributed by atoms with Gasteiger partial charge in [0.25, 0.3) is 5.91 Å². The fraction of sp³-hybridized carbons (Fsp3) is 0.444. The normalized spacial score (nSPS) is 26.3. The number of ether oxygens (including phenoxy) is 2. The molecule has 3 atom stereocenters. The van der Waals surface area contributed by atoms with Crippen LogP contribution in [0.3, 0.4) is 0 Å². The molecular weight excluding hydrogens is 308 g/mol. The monoisotopic (exact) mass is 328 g/mol. The smallest absolute Gasteiger partial charge is 0.257 e. The summed E-state index contributed by atoms with van der Waals surface area (Å²) in [6, 6.07) is 5.62. The van der Waals surface area contributed by atoms with E-state index in [4.69, 9.17) is 13.9 Å². The first-order valence-electron chi connectivity index (χ1n) is 8.28. The van der Waals surface area contributed by atoms with Gasteiger partial charge in [-0.2, -0.15) is 0 Å². The largest absolute Gasteiger partial charge is 0.472 e. The topological polar surface area (TPSA) is 64.8 Å². The highest BCUT2D eigenvalue weighted by Crippen LogP contribution is 2.33. The maximum Gasteiger partial charge on any atom is 0.257 e. The molecule has 6 heteroatoms. The third-order valence-corrected chi connectivity index (χ3v) is 4.75. The number of pyridine rings is 1. The third-order valence-electron chi connectivity index (χ3n) is 4.75. The molecule has 0 aromatic carbocycles. The molecule has 2 fully saturated rings. The molecule has 2 aromatic heterocycles. The number of fused-ring (bicyclic) bond motifs is 2. The Kier molecular flexibility index (Phi) is 4.32. The van der Waals surface area contributed by atoms with Crippen molar-refractivity contribution in [2.45, 2.75) is 37.7 Å². The second-order valence-electron chi connectivity index (χ2n) is 6.20. The molecule has 1 aliphatic carbocycles. The Morgan fingerprint density at radius 2 is 2.33 bits per heavy atom. The minimum Gasteiger partial charge on any atom is -0.472 e. The van der Waals surface area contributed by atoms with E-state index >= 15 is 0 Å². The van der Waals surface area contributed by atoms with Gasteiger partial charge >= 0.3 is 0 Å². The van der Waals surface area contributed by atoms with Crippen LogP contribution in [0.4, 0.5) is 0 Å². The summed E-state index contributed by atoms with van der Waals surface area (Å²) in [6.45, 7) is 1.60. The summed E-state index contributed by atoms with van der Waals surface area (Å²) in [6.07, 6.45) is 8.31. The van der Waals surface area contributed by atoms with Gasteiger partial charge in [0, 0.05) is 18.9 Å². The number of aromatic nitrogens is 1. The third kappa shape index (κ3) is 2.95. The zero-order chi connectivity index (χ0) is 16.4. The molecule has 1 amide bonds. The molecule has 3 heterocycles. The number of carbonyl (C=O) groups is 1. The van der Waals surface area contributed by atoms with Crippen molar-refractivity contribution in [3.8, 4) is 0 Å². The summed E-state index contributed by atoms with van der Waals surface area (Å²) in [5, 5.41) is 0. The highest BCUT2D eigenvalue weighted by Gasteiger charge is 2.44. The first kappa shape index (κ1) is 15.4. The lowest BCUT2D eigenvalue weighted by Crippen LogP contribution is -2.46. The zero-order valence-corrected chi connectivity index (χ0v) is 13.3. The highest BCUT2D eigenvalue weighted by atomic mass is 16.5. The molecule has 24 heavy (non-hydrogen) atoms. The van der Waals surface area contributed by atoms with E-state index in [1.54, 1.807) is 18.5 Å². The molecule has 2 bridgehead atoms. The van der Waals surface area contributed by atoms with Gasteiger partial charge in [-0.3, -0.25) is 9.78 Å². The number of carbonyl (C=O) groups excluding carboxylic acids is 1. The molecule has 0 radical (unpaired) electrons. The van der Waals surface area contributed by atoms with Crippen LogP contribution in [-0.2, 0) is 16.1 Å². The van der Waals surface area contributed by atoms with Gasteiger partial charge in [-0.1, -0.05) is 6.07 Å². The van der Waals surface area contributed by atoms with Crippen LogP contribution in [0.2, 0.25) is 0 Å². The molecule has 0 spiro atoms. The maximum atomic E-state index is 12.8. The van der Waals surface area contributed by atoms with Crippen LogP contribution in [0.25, 0.3) is 0 Å². The number of nitrogens with zero attached hydrogens (tertiary/aromatic N) is 2. The van der Waals surface area contributed by atoms with Gasteiger partial charge in [-0.05, 0) is 30.5 Å². The first-order valence-corrected chi connectivity index (χ1v) is 8.28. The van der Waals surface area contributed by atoms with Gasteiger partial charge in [0.2, 0.25) is 0 Å². The van der Waals surface area contributed by atoms with Crippen LogP contribution in [0.15, 0.2) is 47.5 Å². The molecule has 126 valence electrons. The minimum absolute atomic E-state index is 0.0186. The van der Waals surface area contributed by atoms with E-state index in [0.29, 0.717) is 25.3 Å². The Labute approximate surface area is 140 Å². The Morgan fingerprint density at radius 3 is 3.12 bits per heavy atom. The Bertz CT molecular complexity index is 674. The van der Waals surface area contributed by atoms with Crippen molar-refractivity contribution in [1.29, 1.82) is 0 Å². The quantitative estimate of drug-likeness (QED) is 0.861. The molecule has 2 aliphatic rings. The fourth-order valence-electron chi connectivity index (χ4n) is 3.59. The maximum absolute atomic E-state index is 12.8. The molecule has 1 aliphatic heterocycles. The zero-order valence-electron chi connectivity index (χ0n) is 13.3. The molecule has 0 N–H and O–H groups in total. The summed E-state index contributed by atoms with van der Waals surface area (Å²) < 4.78 is 17.1. The van der Waals surface area contributed by atoms with E-state index < -0.39 is 0 Å². The molecule has 1 saturated heterocycles. The van der Waals surface area contributed by atoms with Crippen LogP contribution in [0.1, 0.15) is 28.8 Å². The minimum atomic E-state index is -0.108. The van der Waals surface area contributed by atoms with E-state index in [1.807, 2.05) is 17.0 Å². The van der Waals surface area contributed by atoms with Crippen LogP contribution in [0, 0.1) is 0 Å². The van der Waals surface area contributed by atoms with Crippen molar-refractivity contribution in [3.05, 3.63) is 54.2 Å². The summed E-state index contributed by atoms with van der Waals surface area (Å²) >= 11 is 0. The molecule has 2 aromatic rings. The molecule has 6 nitrogen and oxygen atoms in total. The average Bonchev–Trinajstić information content (AvgIpc) is 3.22. The van der Waals surface area contributed by atoms with Crippen LogP contribution in [-0.4, -0.2) is 47.2 Å². The highest BCUT2D eigenvalue weighted by molar-refractivity contribution is 5.94. The Hall–Kier alpha value is -2.18. The second-order valence-corrected chi connectivity index (χ2v) is 6.20. The van der Waals surface area contributed by atoms with E-state index in [9.17, 15) is 4.79 Å². The van der Waals surface area contributed by atoms with Crippen LogP contribution >= 0.6 is 0 Å². The predicted octanol–water partition coefficient (Wildman–Crippen LogP) is 2.26. The number of hydrogen-bond acceptors (Lipinski definition) is 5. The van der Waals surface area contributed by atoms with Crippen LogP contribution < -0.4 is 0 Å². The van der Waals surface area contributed by atoms with Crippen molar-refractivity contribution in [2.24, 2.45) is 0 Å². The lowest BCUT2D eigenvalue weighted by Gasteiger charge is -2.31. The number of amides is 1. The van der Waals surface area contributed by atoms with E-state index in [1.165, 1.54) is 12.5 Å². The number of hydrogen-bond donors (Lipinski definition) is 0. The van der Waals surface area contributed by atoms with Crippen molar-refractivity contribution < 1.29 is 18.7 Å². The van der Waals surface area contributed by atoms with Gasteiger partial charge in [0.05, 0.1) is 37.2 Å². The molecule has 0 unspecified atom stereocenters. The van der Waals surface area contributed by atoms with E-state index in [-0.39, 0.29) is 24.2 Å². The molecule has 1 saturated carbocycles. The number of rotatable bonds is 4. The summed E-state index contributed by atoms with van der Waals surface area (Å²) in [7, 11) is 0. The number of furan rings is 1. The van der Waals surface area contributed by atoms with Gasteiger partial charge in [0.15, 0.2) is 0 Å². The van der Waals surface area contributed by atoms with Gasteiger partial charge in [-0.15, -0.1) is 0 Å². The summed E-state index contributed by atoms with van der Waals surface area (Å²) in [5.74, 6) is -0.0186. The summed E-state index contributed by atoms with van der Waals surface area (Å²) in [4.78, 5) is 18.8. The lowest BCUT2D eigenvalue weighted by molar-refractivity contribution is -0.0598. The predicted molar refractivity (Wildman–Crippen MR) is 85.3 cm³/mol. The second kappa shape index (κ2) is 6.75. The van der Waals surface area contributed by atoms with Crippen molar-refractivity contribution in [3.63, 3.8) is 0 Å². The summed E-state index contributed by atoms with van der Waals surface area (Å²) in [5.41, 5.74) is 1.60. The fourth-order valence-corrected chi connectivity index (χ4v) is 3.59. The van der Waals surface area contributed by atoms with E-state index in [2.05, 4.69) is 4.98 Å². The van der Waals surface area contributed by atoms with Crippen molar-refractivity contribution in [2.75, 3.05) is 13.2 Å². The first-order chi connectivity index (χ1) is 11.8. The standard InChI is InChI=1S/C18H20N2O4/c21-18(14-5-8-22-12-14)20-7-9-23-16-4-3-15(20)17(16)24-11-13-2-1-6-19-10-13/h1-2,5-6,8,10,12,15-17H,3-4,7,9,11H2/t15-,16-,17-/m0/s1. The van der Waals surface area contributed by atoms with E-state index in [0.717, 1.165) is 18.4 Å². The Balaban J connectivity index is 1.50. The van der Waals surface area contributed by atoms with Crippen LogP contribution in [0.5, 0.6) is 0 Å². The SMILES string of the molecule is O=C(c1ccoc1)N1CCO[C@H]2CC[C@H]1[C@@H]2OCc1cccnc1. The Morgan fingerprint density at radius 1 is 1.38 bits per heavy atom.